The number of allylic oxidation sites excluding steroid dienone is 1. The quantitative estimate of drug-likeness (QED) is 0.219. The number of anilines is 3. The highest BCUT2D eigenvalue weighted by molar-refractivity contribution is 6.11. The Balaban J connectivity index is 1.42. The van der Waals surface area contributed by atoms with E-state index in [4.69, 9.17) is 21.2 Å². The van der Waals surface area contributed by atoms with Gasteiger partial charge in [-0.2, -0.15) is 0 Å². The first kappa shape index (κ1) is 25.4. The monoisotopic (exact) mass is 533 g/mol. The van der Waals surface area contributed by atoms with E-state index in [0.717, 1.165) is 58.3 Å². The van der Waals surface area contributed by atoms with Crippen LogP contribution in [0.3, 0.4) is 0 Å². The Labute approximate surface area is 231 Å². The van der Waals surface area contributed by atoms with Gasteiger partial charge in [0.25, 0.3) is 0 Å². The number of aryl methyl sites for hydroxylation is 1. The van der Waals surface area contributed by atoms with Crippen LogP contribution < -0.4 is 26.8 Å². The van der Waals surface area contributed by atoms with Gasteiger partial charge in [0.1, 0.15) is 28.6 Å². The number of aromatic nitrogens is 3. The number of rotatable bonds is 5. The molecule has 0 aliphatic heterocycles. The molecule has 1 aliphatic carbocycles. The number of hydrogen-bond acceptors (Lipinski definition) is 6. The lowest BCUT2D eigenvalue weighted by Crippen LogP contribution is -2.21. The van der Waals surface area contributed by atoms with Gasteiger partial charge < -0.3 is 26.8 Å². The van der Waals surface area contributed by atoms with Crippen molar-refractivity contribution in [1.29, 1.82) is 0 Å². The Bertz CT molecular complexity index is 1790. The van der Waals surface area contributed by atoms with E-state index in [-0.39, 0.29) is 12.1 Å². The fourth-order valence-electron chi connectivity index (χ4n) is 5.45. The van der Waals surface area contributed by atoms with Crippen LogP contribution in [-0.2, 0) is 0 Å². The zero-order chi connectivity index (χ0) is 27.8. The number of fused-ring (bicyclic) bond motifs is 2. The minimum Gasteiger partial charge on any atom is -0.495 e. The number of imidazole rings is 1. The Hall–Kier alpha value is -4.89. The molecule has 40 heavy (non-hydrogen) atoms. The molecular weight excluding hydrogens is 502 g/mol. The van der Waals surface area contributed by atoms with E-state index in [1.807, 2.05) is 61.7 Å². The van der Waals surface area contributed by atoms with E-state index < -0.39 is 0 Å². The van der Waals surface area contributed by atoms with E-state index in [2.05, 4.69) is 26.1 Å². The second kappa shape index (κ2) is 10.3. The van der Waals surface area contributed by atoms with Gasteiger partial charge >= 0.3 is 6.03 Å². The van der Waals surface area contributed by atoms with E-state index in [1.165, 1.54) is 5.57 Å². The van der Waals surface area contributed by atoms with Crippen LogP contribution in [0.4, 0.5) is 22.0 Å². The Morgan fingerprint density at radius 3 is 2.55 bits per heavy atom. The first-order chi connectivity index (χ1) is 19.4. The Kier molecular flexibility index (Phi) is 6.57. The molecule has 2 amide bonds. The molecule has 2 heterocycles. The summed E-state index contributed by atoms with van der Waals surface area (Å²) in [5.41, 5.74) is 18.5. The number of carbonyl (C=O) groups is 1. The van der Waals surface area contributed by atoms with Gasteiger partial charge in [-0.1, -0.05) is 48.5 Å². The van der Waals surface area contributed by atoms with Crippen molar-refractivity contribution in [2.24, 2.45) is 5.73 Å². The first-order valence-electron chi connectivity index (χ1n) is 13.3. The SMILES string of the molecule is COc1ccccc1NC(=O)Nc1ccc(-c2nc(C)n3c(C4=CCC(N)CC4)cnc(N)c23)c2ccccc12. The lowest BCUT2D eigenvalue weighted by Gasteiger charge is -2.20. The second-order valence-corrected chi connectivity index (χ2v) is 9.97. The topological polar surface area (TPSA) is 133 Å². The van der Waals surface area contributed by atoms with Crippen molar-refractivity contribution in [3.63, 3.8) is 0 Å². The maximum Gasteiger partial charge on any atom is 0.323 e. The van der Waals surface area contributed by atoms with Crippen LogP contribution in [0.1, 0.15) is 30.8 Å². The molecule has 0 bridgehead atoms. The molecule has 0 saturated carbocycles. The average molecular weight is 534 g/mol. The Morgan fingerprint density at radius 1 is 1.02 bits per heavy atom. The van der Waals surface area contributed by atoms with Gasteiger partial charge in [-0.3, -0.25) is 4.40 Å². The van der Waals surface area contributed by atoms with Crippen molar-refractivity contribution in [1.82, 2.24) is 14.4 Å². The van der Waals surface area contributed by atoms with Gasteiger partial charge in [-0.05, 0) is 55.3 Å². The molecule has 1 atom stereocenters. The van der Waals surface area contributed by atoms with Crippen molar-refractivity contribution in [2.45, 2.75) is 32.2 Å². The number of hydrogen-bond donors (Lipinski definition) is 4. The number of urea groups is 1. The summed E-state index contributed by atoms with van der Waals surface area (Å²) in [5.74, 6) is 1.82. The maximum atomic E-state index is 12.9. The molecule has 5 aromatic rings. The van der Waals surface area contributed by atoms with E-state index >= 15 is 0 Å². The lowest BCUT2D eigenvalue weighted by atomic mass is 9.94. The largest absolute Gasteiger partial charge is 0.495 e. The molecule has 1 aliphatic rings. The van der Waals surface area contributed by atoms with Crippen LogP contribution in [-0.4, -0.2) is 33.6 Å². The number of nitrogens with two attached hydrogens (primary N) is 2. The summed E-state index contributed by atoms with van der Waals surface area (Å²) in [6.07, 6.45) is 6.68. The zero-order valence-electron chi connectivity index (χ0n) is 22.4. The van der Waals surface area contributed by atoms with Crippen LogP contribution in [0.25, 0.3) is 33.1 Å². The number of para-hydroxylation sites is 2. The first-order valence-corrected chi connectivity index (χ1v) is 13.3. The standard InChI is InChI=1S/C31H31N7O2/c1-18-35-28(29-30(33)34-17-26(38(18)29)19-11-13-20(32)14-12-19)23-15-16-24(22-8-4-3-7-21(22)23)36-31(39)37-25-9-5-6-10-27(25)40-2/h3-11,15-17,20H,12-14,32H2,1-2H3,(H2,33,34)(H2,36,37,39). The van der Waals surface area contributed by atoms with Gasteiger partial charge in [0.05, 0.1) is 30.4 Å². The highest BCUT2D eigenvalue weighted by Crippen LogP contribution is 2.38. The molecule has 6 N–H and O–H groups in total. The summed E-state index contributed by atoms with van der Waals surface area (Å²) in [4.78, 5) is 22.5. The zero-order valence-corrected chi connectivity index (χ0v) is 22.4. The number of carbonyl (C=O) groups excluding carboxylic acids is 1. The third kappa shape index (κ3) is 4.50. The third-order valence-corrected chi connectivity index (χ3v) is 7.42. The molecule has 9 nitrogen and oxygen atoms in total. The maximum absolute atomic E-state index is 12.9. The molecule has 9 heteroatoms. The Morgan fingerprint density at radius 2 is 1.77 bits per heavy atom. The van der Waals surface area contributed by atoms with Gasteiger partial charge in [0.2, 0.25) is 0 Å². The molecule has 0 spiro atoms. The van der Waals surface area contributed by atoms with E-state index in [1.54, 1.807) is 19.2 Å². The van der Waals surface area contributed by atoms with Gasteiger partial charge in [-0.25, -0.2) is 14.8 Å². The predicted molar refractivity (Wildman–Crippen MR) is 161 cm³/mol. The minimum absolute atomic E-state index is 0.190. The smallest absolute Gasteiger partial charge is 0.323 e. The van der Waals surface area contributed by atoms with Crippen molar-refractivity contribution in [3.05, 3.63) is 84.5 Å². The van der Waals surface area contributed by atoms with Crippen LogP contribution in [0.15, 0.2) is 72.9 Å². The molecule has 6 rings (SSSR count). The molecule has 0 fully saturated rings. The molecule has 1 unspecified atom stereocenters. The van der Waals surface area contributed by atoms with Gasteiger partial charge in [0, 0.05) is 17.0 Å². The van der Waals surface area contributed by atoms with E-state index in [0.29, 0.717) is 22.9 Å². The van der Waals surface area contributed by atoms with Crippen LogP contribution in [0.2, 0.25) is 0 Å². The van der Waals surface area contributed by atoms with Crippen molar-refractivity contribution in [2.75, 3.05) is 23.5 Å². The predicted octanol–water partition coefficient (Wildman–Crippen LogP) is 5.99. The van der Waals surface area contributed by atoms with Crippen molar-refractivity contribution in [3.8, 4) is 17.0 Å². The normalized spacial score (nSPS) is 15.2. The fraction of sp³-hybridized carbons (Fsp3) is 0.194. The van der Waals surface area contributed by atoms with Crippen LogP contribution in [0.5, 0.6) is 5.75 Å². The van der Waals surface area contributed by atoms with Crippen LogP contribution in [0, 0.1) is 6.92 Å². The molecule has 0 saturated heterocycles. The number of methoxy groups -OCH3 is 1. The number of benzene rings is 3. The summed E-state index contributed by atoms with van der Waals surface area (Å²) in [6.45, 7) is 1.98. The molecular formula is C31H31N7O2. The lowest BCUT2D eigenvalue weighted by molar-refractivity contribution is 0.262. The average Bonchev–Trinajstić information content (AvgIpc) is 3.32. The van der Waals surface area contributed by atoms with E-state index in [9.17, 15) is 4.79 Å². The molecule has 3 aromatic carbocycles. The van der Waals surface area contributed by atoms with Crippen molar-refractivity contribution < 1.29 is 9.53 Å². The second-order valence-electron chi connectivity index (χ2n) is 9.97. The number of nitrogen functional groups attached to an aromatic ring is 1. The third-order valence-electron chi connectivity index (χ3n) is 7.42. The fourth-order valence-corrected chi connectivity index (χ4v) is 5.45. The molecule has 0 radical (unpaired) electrons. The molecule has 2 aromatic heterocycles. The minimum atomic E-state index is -0.371. The number of amides is 2. The highest BCUT2D eigenvalue weighted by atomic mass is 16.5. The highest BCUT2D eigenvalue weighted by Gasteiger charge is 2.22. The van der Waals surface area contributed by atoms with Crippen LogP contribution >= 0.6 is 0 Å². The van der Waals surface area contributed by atoms with Crippen molar-refractivity contribution >= 4 is 45.1 Å². The summed E-state index contributed by atoms with van der Waals surface area (Å²) >= 11 is 0. The van der Waals surface area contributed by atoms with Gasteiger partial charge in [0.15, 0.2) is 0 Å². The number of nitrogens with zero attached hydrogens (tertiary/aromatic N) is 3. The summed E-state index contributed by atoms with van der Waals surface area (Å²) in [5, 5.41) is 7.67. The summed E-state index contributed by atoms with van der Waals surface area (Å²) < 4.78 is 7.45. The van der Waals surface area contributed by atoms with Gasteiger partial charge in [-0.15, -0.1) is 0 Å². The summed E-state index contributed by atoms with van der Waals surface area (Å²) in [7, 11) is 1.57. The summed E-state index contributed by atoms with van der Waals surface area (Å²) in [6, 6.07) is 18.9. The number of ether oxygens (including phenoxy) is 1. The molecule has 202 valence electrons. The number of nitrogens with one attached hydrogen (secondary N) is 2.